The van der Waals surface area contributed by atoms with Crippen LogP contribution in [0, 0.1) is 11.3 Å². The smallest absolute Gasteiger partial charge is 0.388 e. The van der Waals surface area contributed by atoms with Gasteiger partial charge in [-0.3, -0.25) is 27.5 Å². The van der Waals surface area contributed by atoms with Gasteiger partial charge in [-0.15, -0.1) is 0 Å². The molecule has 4 aliphatic rings. The van der Waals surface area contributed by atoms with E-state index in [0.717, 1.165) is 17.2 Å². The van der Waals surface area contributed by atoms with Gasteiger partial charge in [0.15, 0.2) is 35.0 Å². The topological polar surface area (TPSA) is 254 Å². The Morgan fingerprint density at radius 1 is 1.09 bits per heavy atom. The Labute approximate surface area is 255 Å². The van der Waals surface area contributed by atoms with E-state index in [1.165, 1.54) is 12.7 Å². The SMILES string of the molecule is Nc1ncnc2c1ncn2[C@H]1[C@H](O)[C@@H]2O[P@](=O)(S)OC[C@H]3O[C@@H](n4cnc5c(=O)[nH]cnc54)[C@H](F)[C@@H]3OP(=O)(O)OC[C@]23C[C@H]13. The van der Waals surface area contributed by atoms with Gasteiger partial charge >= 0.3 is 14.6 Å². The molecular weight excluding hydrogens is 663 g/mol. The van der Waals surface area contributed by atoms with Gasteiger partial charge in [0, 0.05) is 5.41 Å². The Balaban J connectivity index is 1.11. The summed E-state index contributed by atoms with van der Waals surface area (Å²) in [5, 5.41) is 11.5. The number of thiol groups is 1. The van der Waals surface area contributed by atoms with Crippen LogP contribution in [0.2, 0.25) is 0 Å². The van der Waals surface area contributed by atoms with Crippen molar-refractivity contribution in [1.82, 2.24) is 39.0 Å². The zero-order chi connectivity index (χ0) is 31.5. The third kappa shape index (κ3) is 4.60. The normalized spacial score (nSPS) is 41.7. The van der Waals surface area contributed by atoms with Crippen molar-refractivity contribution in [1.29, 1.82) is 0 Å². The van der Waals surface area contributed by atoms with Crippen LogP contribution in [-0.2, 0) is 32.0 Å². The Morgan fingerprint density at radius 2 is 1.84 bits per heavy atom. The molecule has 0 amide bonds. The number of aliphatic hydroxyl groups excluding tert-OH is 1. The van der Waals surface area contributed by atoms with Gasteiger partial charge in [0.1, 0.15) is 36.3 Å². The minimum atomic E-state index is -5.00. The highest BCUT2D eigenvalue weighted by molar-refractivity contribution is 8.44. The standard InChI is InChI=1S/C22H24FN9O10P2S/c23-10-15-9(40-21(10)32-7-30-12-19(32)27-5-28-20(12)34)2-38-44(37,45)42-16-14(33)13(8-1-22(8,16)3-39-43(35,36)41-15)31-6-29-11-17(24)25-4-26-18(11)31/h4-10,13-16,21,33H,1-3H2,(H,35,36)(H,37,45)(H2,24,25,26)(H,27,28,34)/t8-,9-,10-,13-,14+,15-,16+,21-,22+,44-/m1/s1. The second kappa shape index (κ2) is 10.1. The molecule has 2 saturated carbocycles. The monoisotopic (exact) mass is 687 g/mol. The zero-order valence-corrected chi connectivity index (χ0v) is 25.3. The number of phosphoric acid groups is 1. The number of anilines is 1. The van der Waals surface area contributed by atoms with Crippen molar-refractivity contribution in [3.63, 3.8) is 0 Å². The molecule has 1 unspecified atom stereocenters. The molecular formula is C22H24FN9O10P2S. The maximum absolute atomic E-state index is 16.0. The molecule has 2 aliphatic carbocycles. The van der Waals surface area contributed by atoms with E-state index in [1.54, 1.807) is 4.57 Å². The van der Waals surface area contributed by atoms with Crippen LogP contribution in [0.25, 0.3) is 22.3 Å². The fourth-order valence-corrected chi connectivity index (χ4v) is 9.26. The third-order valence-corrected chi connectivity index (χ3v) is 11.4. The number of nitrogens with zero attached hydrogens (tertiary/aromatic N) is 7. The van der Waals surface area contributed by atoms with Crippen molar-refractivity contribution < 1.29 is 46.4 Å². The number of aliphatic hydroxyl groups is 1. The maximum Gasteiger partial charge on any atom is 0.472 e. The van der Waals surface area contributed by atoms with Gasteiger partial charge in [0.2, 0.25) is 0 Å². The number of rotatable bonds is 2. The molecule has 8 rings (SSSR count). The van der Waals surface area contributed by atoms with Crippen molar-refractivity contribution in [3.05, 3.63) is 35.7 Å². The van der Waals surface area contributed by atoms with E-state index in [0.29, 0.717) is 17.6 Å². The number of aromatic nitrogens is 8. The number of alkyl halides is 1. The lowest BCUT2D eigenvalue weighted by Gasteiger charge is -2.32. The fourth-order valence-electron chi connectivity index (χ4n) is 6.71. The molecule has 11 atom stereocenters. The Morgan fingerprint density at radius 3 is 2.67 bits per heavy atom. The lowest BCUT2D eigenvalue weighted by Crippen LogP contribution is -2.39. The van der Waals surface area contributed by atoms with Gasteiger partial charge in [-0.05, 0) is 12.3 Å². The molecule has 4 aromatic heterocycles. The van der Waals surface area contributed by atoms with Crippen LogP contribution in [0.5, 0.6) is 0 Å². The molecule has 0 radical (unpaired) electrons. The van der Waals surface area contributed by atoms with Crippen LogP contribution in [0.15, 0.2) is 30.1 Å². The van der Waals surface area contributed by atoms with Crippen LogP contribution in [-0.4, -0.2) is 92.8 Å². The van der Waals surface area contributed by atoms with Crippen molar-refractivity contribution in [3.8, 4) is 0 Å². The third-order valence-electron chi connectivity index (χ3n) is 8.83. The lowest BCUT2D eigenvalue weighted by molar-refractivity contribution is -0.0565. The molecule has 240 valence electrons. The Kier molecular flexibility index (Phi) is 6.62. The van der Waals surface area contributed by atoms with E-state index in [9.17, 15) is 23.9 Å². The van der Waals surface area contributed by atoms with Crippen LogP contribution in [0.4, 0.5) is 10.2 Å². The minimum Gasteiger partial charge on any atom is -0.388 e. The average Bonchev–Trinajstić information content (AvgIpc) is 3.27. The summed E-state index contributed by atoms with van der Waals surface area (Å²) in [5.41, 5.74) is 4.71. The molecule has 2 saturated heterocycles. The van der Waals surface area contributed by atoms with Gasteiger partial charge in [0.05, 0.1) is 38.2 Å². The highest BCUT2D eigenvalue weighted by atomic mass is 32.7. The molecule has 23 heteroatoms. The Hall–Kier alpha value is -2.84. The molecule has 4 aromatic rings. The van der Waals surface area contributed by atoms with Crippen molar-refractivity contribution in [2.75, 3.05) is 18.9 Å². The first-order valence-electron chi connectivity index (χ1n) is 13.5. The number of ether oxygens (including phenoxy) is 1. The summed E-state index contributed by atoms with van der Waals surface area (Å²) < 4.78 is 73.2. The van der Waals surface area contributed by atoms with E-state index in [2.05, 4.69) is 42.2 Å². The van der Waals surface area contributed by atoms with Crippen LogP contribution < -0.4 is 11.3 Å². The van der Waals surface area contributed by atoms with Crippen molar-refractivity contribution in [2.45, 2.75) is 49.3 Å². The summed E-state index contributed by atoms with van der Waals surface area (Å²) in [5.74, 6) is -0.310. The first kappa shape index (κ1) is 29.6. The number of hydrogen-bond donors (Lipinski definition) is 5. The molecule has 1 spiro atoms. The van der Waals surface area contributed by atoms with Gasteiger partial charge in [-0.2, -0.15) is 0 Å². The van der Waals surface area contributed by atoms with E-state index < -0.39 is 87.6 Å². The summed E-state index contributed by atoms with van der Waals surface area (Å²) in [4.78, 5) is 45.6. The highest BCUT2D eigenvalue weighted by Gasteiger charge is 2.74. The fraction of sp³-hybridized carbons (Fsp3) is 0.545. The van der Waals surface area contributed by atoms with Gasteiger partial charge in [-0.1, -0.05) is 12.2 Å². The number of imidazole rings is 2. The number of fused-ring (bicyclic) bond motifs is 3. The molecule has 0 bridgehead atoms. The van der Waals surface area contributed by atoms with Crippen LogP contribution >= 0.6 is 26.9 Å². The number of nitrogens with two attached hydrogens (primary N) is 1. The molecule has 2 aliphatic heterocycles. The first-order valence-corrected chi connectivity index (χ1v) is 17.7. The largest absolute Gasteiger partial charge is 0.472 e. The van der Waals surface area contributed by atoms with Gasteiger partial charge in [0.25, 0.3) is 5.56 Å². The van der Waals surface area contributed by atoms with Gasteiger partial charge in [-0.25, -0.2) is 38.4 Å². The molecule has 45 heavy (non-hydrogen) atoms. The Bertz CT molecular complexity index is 2000. The van der Waals surface area contributed by atoms with Crippen molar-refractivity contribution in [2.24, 2.45) is 11.3 Å². The number of phosphoric ester groups is 1. The van der Waals surface area contributed by atoms with Crippen LogP contribution in [0.1, 0.15) is 18.7 Å². The molecule has 19 nitrogen and oxygen atoms in total. The van der Waals surface area contributed by atoms with E-state index in [-0.39, 0.29) is 17.0 Å². The number of nitrogen functional groups attached to an aromatic ring is 1. The predicted molar refractivity (Wildman–Crippen MR) is 150 cm³/mol. The van der Waals surface area contributed by atoms with E-state index in [4.69, 9.17) is 28.6 Å². The second-order valence-corrected chi connectivity index (χ2v) is 15.6. The average molecular weight is 688 g/mol. The number of H-pyrrole nitrogens is 1. The molecule has 6 heterocycles. The molecule has 5 N–H and O–H groups in total. The predicted octanol–water partition coefficient (Wildman–Crippen LogP) is 0.655. The summed E-state index contributed by atoms with van der Waals surface area (Å²) >= 11 is 4.11. The molecule has 0 aromatic carbocycles. The lowest BCUT2D eigenvalue weighted by atomic mass is 10.0. The quantitative estimate of drug-likeness (QED) is 0.143. The van der Waals surface area contributed by atoms with E-state index in [1.807, 2.05) is 0 Å². The van der Waals surface area contributed by atoms with Crippen molar-refractivity contribution >= 4 is 55.0 Å². The summed E-state index contributed by atoms with van der Waals surface area (Å²) in [6.45, 7) is -5.48. The van der Waals surface area contributed by atoms with Crippen LogP contribution in [0.3, 0.4) is 0 Å². The first-order chi connectivity index (χ1) is 21.4. The summed E-state index contributed by atoms with van der Waals surface area (Å²) in [6, 6.07) is -0.750. The van der Waals surface area contributed by atoms with Gasteiger partial charge < -0.3 is 30.0 Å². The highest BCUT2D eigenvalue weighted by Crippen LogP contribution is 2.73. The summed E-state index contributed by atoms with van der Waals surface area (Å²) in [6.07, 6.45) is -4.31. The minimum absolute atomic E-state index is 0.0219. The molecule has 4 fully saturated rings. The number of aromatic amines is 1. The second-order valence-electron chi connectivity index (χ2n) is 11.3. The maximum atomic E-state index is 16.0. The number of hydrogen-bond acceptors (Lipinski definition) is 15. The van der Waals surface area contributed by atoms with E-state index >= 15 is 4.39 Å². The number of halogens is 1. The summed E-state index contributed by atoms with van der Waals surface area (Å²) in [7, 11) is -5.00. The zero-order valence-electron chi connectivity index (χ0n) is 22.6. The number of nitrogens with one attached hydrogen (secondary N) is 1.